The highest BCUT2D eigenvalue weighted by Gasteiger charge is 2.25. The summed E-state index contributed by atoms with van der Waals surface area (Å²) in [6.07, 6.45) is 0.872. The molecule has 0 heterocycles. The number of amides is 2. The molecular weight excluding hydrogens is 380 g/mol. The van der Waals surface area contributed by atoms with Crippen LogP contribution < -0.4 is 5.32 Å². The first-order valence-corrected chi connectivity index (χ1v) is 11.3. The number of thioether (sulfide) groups is 1. The van der Waals surface area contributed by atoms with Crippen LogP contribution in [0.1, 0.15) is 42.5 Å². The average Bonchev–Trinajstić information content (AvgIpc) is 2.71. The van der Waals surface area contributed by atoms with E-state index in [0.29, 0.717) is 18.8 Å². The summed E-state index contributed by atoms with van der Waals surface area (Å²) in [5.41, 5.74) is 4.63. The largest absolute Gasteiger partial charge is 0.354 e. The summed E-state index contributed by atoms with van der Waals surface area (Å²) in [7, 11) is 0. The number of rotatable bonds is 10. The molecule has 0 saturated heterocycles. The van der Waals surface area contributed by atoms with E-state index in [2.05, 4.69) is 30.4 Å². The van der Waals surface area contributed by atoms with Crippen molar-refractivity contribution >= 4 is 23.6 Å². The summed E-state index contributed by atoms with van der Waals surface area (Å²) in [4.78, 5) is 27.2. The van der Waals surface area contributed by atoms with Crippen molar-refractivity contribution < 1.29 is 9.59 Å². The zero-order valence-corrected chi connectivity index (χ0v) is 18.7. The Bertz CT molecular complexity index is 805. The predicted molar refractivity (Wildman–Crippen MR) is 122 cm³/mol. The normalized spacial score (nSPS) is 11.7. The van der Waals surface area contributed by atoms with E-state index in [-0.39, 0.29) is 11.8 Å². The molecule has 2 aromatic carbocycles. The molecule has 2 rings (SSSR count). The highest BCUT2D eigenvalue weighted by Crippen LogP contribution is 2.17. The summed E-state index contributed by atoms with van der Waals surface area (Å²) < 4.78 is 0. The minimum absolute atomic E-state index is 0.0117. The Morgan fingerprint density at radius 2 is 1.76 bits per heavy atom. The number of nitrogens with one attached hydrogen (secondary N) is 1. The number of carbonyl (C=O) groups is 2. The summed E-state index contributed by atoms with van der Waals surface area (Å²) >= 11 is 1.59. The molecule has 0 unspecified atom stereocenters. The minimum atomic E-state index is -0.505. The van der Waals surface area contributed by atoms with Crippen molar-refractivity contribution in [3.8, 4) is 0 Å². The van der Waals surface area contributed by atoms with Crippen molar-refractivity contribution in [3.05, 3.63) is 70.8 Å². The Kier molecular flexibility index (Phi) is 9.26. The number of nitrogens with zero attached hydrogens (tertiary/aromatic N) is 1. The van der Waals surface area contributed by atoms with Gasteiger partial charge in [0.05, 0.1) is 5.75 Å². The Morgan fingerprint density at radius 1 is 1.03 bits per heavy atom. The molecule has 2 aromatic rings. The third-order valence-corrected chi connectivity index (χ3v) is 5.76. The number of benzene rings is 2. The molecule has 0 aliphatic carbocycles. The van der Waals surface area contributed by atoms with Crippen LogP contribution in [0.5, 0.6) is 0 Å². The lowest BCUT2D eigenvalue weighted by Gasteiger charge is -2.28. The zero-order valence-electron chi connectivity index (χ0n) is 17.9. The van der Waals surface area contributed by atoms with Gasteiger partial charge in [0.2, 0.25) is 11.8 Å². The van der Waals surface area contributed by atoms with Gasteiger partial charge in [0, 0.05) is 18.8 Å². The van der Waals surface area contributed by atoms with Crippen LogP contribution in [0, 0.1) is 13.8 Å². The summed E-state index contributed by atoms with van der Waals surface area (Å²) in [6, 6.07) is 15.9. The summed E-state index contributed by atoms with van der Waals surface area (Å²) in [6.45, 7) is 8.99. The highest BCUT2D eigenvalue weighted by molar-refractivity contribution is 7.99. The topological polar surface area (TPSA) is 49.4 Å². The quantitative estimate of drug-likeness (QED) is 0.626. The van der Waals surface area contributed by atoms with Crippen molar-refractivity contribution in [3.63, 3.8) is 0 Å². The molecule has 1 atom stereocenters. The van der Waals surface area contributed by atoms with Gasteiger partial charge in [-0.15, -0.1) is 11.8 Å². The first kappa shape index (κ1) is 23.0. The average molecular weight is 413 g/mol. The predicted octanol–water partition coefficient (Wildman–Crippen LogP) is 4.48. The van der Waals surface area contributed by atoms with Crippen molar-refractivity contribution in [1.29, 1.82) is 0 Å². The highest BCUT2D eigenvalue weighted by atomic mass is 32.2. The van der Waals surface area contributed by atoms with Gasteiger partial charge in [-0.2, -0.15) is 0 Å². The van der Waals surface area contributed by atoms with Crippen LogP contribution in [-0.2, 0) is 21.9 Å². The van der Waals surface area contributed by atoms with E-state index >= 15 is 0 Å². The maximum Gasteiger partial charge on any atom is 0.242 e. The maximum absolute atomic E-state index is 13.0. The Morgan fingerprint density at radius 3 is 2.41 bits per heavy atom. The molecule has 0 bridgehead atoms. The van der Waals surface area contributed by atoms with Crippen LogP contribution >= 0.6 is 11.8 Å². The van der Waals surface area contributed by atoms with Crippen LogP contribution in [0.2, 0.25) is 0 Å². The molecule has 1 N–H and O–H groups in total. The standard InChI is InChI=1S/C24H32N2O2S/c1-5-13-25-24(28)20(4)26(15-21-11-9-18(2)10-12-21)23(27)17-29-16-22-8-6-7-19(3)14-22/h6-12,14,20H,5,13,15-17H2,1-4H3,(H,25,28)/t20-/m1/s1. The molecular formula is C24H32N2O2S. The third kappa shape index (κ3) is 7.58. The van der Waals surface area contributed by atoms with Gasteiger partial charge in [-0.3, -0.25) is 9.59 Å². The van der Waals surface area contributed by atoms with E-state index in [1.807, 2.05) is 51.1 Å². The second-order valence-corrected chi connectivity index (χ2v) is 8.44. The monoisotopic (exact) mass is 412 g/mol. The summed E-state index contributed by atoms with van der Waals surface area (Å²) in [5, 5.41) is 2.91. The minimum Gasteiger partial charge on any atom is -0.354 e. The Balaban J connectivity index is 2.04. The lowest BCUT2D eigenvalue weighted by atomic mass is 10.1. The maximum atomic E-state index is 13.0. The molecule has 0 aliphatic rings. The van der Waals surface area contributed by atoms with E-state index in [9.17, 15) is 9.59 Å². The molecule has 0 aromatic heterocycles. The molecule has 0 fully saturated rings. The smallest absolute Gasteiger partial charge is 0.242 e. The second kappa shape index (κ2) is 11.7. The molecule has 4 nitrogen and oxygen atoms in total. The van der Waals surface area contributed by atoms with Gasteiger partial charge in [0.25, 0.3) is 0 Å². The molecule has 0 saturated carbocycles. The van der Waals surface area contributed by atoms with Gasteiger partial charge in [0.1, 0.15) is 6.04 Å². The van der Waals surface area contributed by atoms with Crippen molar-refractivity contribution in [2.24, 2.45) is 0 Å². The molecule has 5 heteroatoms. The molecule has 0 spiro atoms. The van der Waals surface area contributed by atoms with Crippen molar-refractivity contribution in [1.82, 2.24) is 10.2 Å². The van der Waals surface area contributed by atoms with E-state index < -0.39 is 6.04 Å². The fourth-order valence-corrected chi connectivity index (χ4v) is 3.87. The van der Waals surface area contributed by atoms with Crippen LogP contribution in [0.4, 0.5) is 0 Å². The van der Waals surface area contributed by atoms with E-state index in [0.717, 1.165) is 17.7 Å². The van der Waals surface area contributed by atoms with Gasteiger partial charge < -0.3 is 10.2 Å². The lowest BCUT2D eigenvalue weighted by Crippen LogP contribution is -2.48. The fraction of sp³-hybridized carbons (Fsp3) is 0.417. The SMILES string of the molecule is CCCNC(=O)[C@@H](C)N(Cc1ccc(C)cc1)C(=O)CSCc1cccc(C)c1. The van der Waals surface area contributed by atoms with Gasteiger partial charge in [0.15, 0.2) is 0 Å². The molecule has 29 heavy (non-hydrogen) atoms. The lowest BCUT2D eigenvalue weighted by molar-refractivity contribution is -0.138. The zero-order chi connectivity index (χ0) is 21.2. The first-order valence-electron chi connectivity index (χ1n) is 10.2. The van der Waals surface area contributed by atoms with E-state index in [1.54, 1.807) is 16.7 Å². The Labute approximate surface area is 179 Å². The van der Waals surface area contributed by atoms with Crippen LogP contribution in [0.3, 0.4) is 0 Å². The first-order chi connectivity index (χ1) is 13.9. The molecule has 0 aliphatic heterocycles. The number of carbonyl (C=O) groups excluding carboxylic acids is 2. The van der Waals surface area contributed by atoms with Crippen molar-refractivity contribution in [2.45, 2.75) is 52.5 Å². The van der Waals surface area contributed by atoms with E-state index in [4.69, 9.17) is 0 Å². The fourth-order valence-electron chi connectivity index (χ4n) is 3.01. The number of hydrogen-bond donors (Lipinski definition) is 1. The van der Waals surface area contributed by atoms with Gasteiger partial charge in [-0.1, -0.05) is 66.6 Å². The van der Waals surface area contributed by atoms with Crippen molar-refractivity contribution in [2.75, 3.05) is 12.3 Å². The molecule has 156 valence electrons. The summed E-state index contributed by atoms with van der Waals surface area (Å²) in [5.74, 6) is 1.02. The molecule has 0 radical (unpaired) electrons. The third-order valence-electron chi connectivity index (χ3n) is 4.77. The van der Waals surface area contributed by atoms with Crippen LogP contribution in [0.25, 0.3) is 0 Å². The van der Waals surface area contributed by atoms with Gasteiger partial charge in [-0.25, -0.2) is 0 Å². The number of aryl methyl sites for hydroxylation is 2. The molecule has 2 amide bonds. The van der Waals surface area contributed by atoms with E-state index in [1.165, 1.54) is 16.7 Å². The number of hydrogen-bond acceptors (Lipinski definition) is 3. The Hall–Kier alpha value is -2.27. The van der Waals surface area contributed by atoms with Crippen LogP contribution in [0.15, 0.2) is 48.5 Å². The second-order valence-electron chi connectivity index (χ2n) is 7.46. The van der Waals surface area contributed by atoms with Crippen LogP contribution in [-0.4, -0.2) is 35.1 Å². The van der Waals surface area contributed by atoms with Gasteiger partial charge in [-0.05, 0) is 38.3 Å². The van der Waals surface area contributed by atoms with Gasteiger partial charge >= 0.3 is 0 Å².